The Morgan fingerprint density at radius 2 is 1.70 bits per heavy atom. The second kappa shape index (κ2) is 5.21. The van der Waals surface area contributed by atoms with E-state index in [1.807, 2.05) is 48.5 Å². The van der Waals surface area contributed by atoms with Crippen LogP contribution in [0.25, 0.3) is 11.3 Å². The third-order valence-corrected chi connectivity index (χ3v) is 3.47. The first-order valence-corrected chi connectivity index (χ1v) is 6.64. The lowest BCUT2D eigenvalue weighted by atomic mass is 10.1. The van der Waals surface area contributed by atoms with Crippen molar-refractivity contribution in [2.45, 2.75) is 13.5 Å². The summed E-state index contributed by atoms with van der Waals surface area (Å²) in [6, 6.07) is 18.1. The third-order valence-electron chi connectivity index (χ3n) is 3.47. The Morgan fingerprint density at radius 3 is 2.45 bits per heavy atom. The molecule has 0 aliphatic heterocycles. The zero-order valence-corrected chi connectivity index (χ0v) is 11.3. The lowest BCUT2D eigenvalue weighted by molar-refractivity contribution is 0.768. The molecular weight excluding hydrogens is 248 g/mol. The lowest BCUT2D eigenvalue weighted by Crippen LogP contribution is -2.18. The number of nitrogens with zero attached hydrogens (tertiary/aromatic N) is 1. The standard InChI is InChI=1S/C17H16N2O/c1-13-7-5-6-10-15(13)16-11-18-17(20)19(16)12-14-8-3-2-4-9-14/h2-11H,12H2,1H3,(H,18,20). The third kappa shape index (κ3) is 2.30. The molecule has 0 fully saturated rings. The quantitative estimate of drug-likeness (QED) is 0.775. The van der Waals surface area contributed by atoms with Gasteiger partial charge in [-0.25, -0.2) is 4.79 Å². The molecule has 0 aliphatic rings. The first-order valence-electron chi connectivity index (χ1n) is 6.64. The molecule has 0 spiro atoms. The summed E-state index contributed by atoms with van der Waals surface area (Å²) in [6.45, 7) is 2.63. The SMILES string of the molecule is Cc1ccccc1-c1c[nH]c(=O)n1Cc1ccccc1. The molecule has 3 aromatic rings. The molecule has 0 saturated heterocycles. The Morgan fingerprint density at radius 1 is 1.00 bits per heavy atom. The highest BCUT2D eigenvalue weighted by atomic mass is 16.1. The fourth-order valence-electron chi connectivity index (χ4n) is 2.40. The molecule has 1 N–H and O–H groups in total. The Hall–Kier alpha value is -2.55. The molecule has 3 rings (SSSR count). The van der Waals surface area contributed by atoms with Gasteiger partial charge in [-0.1, -0.05) is 54.6 Å². The first-order chi connectivity index (χ1) is 9.75. The largest absolute Gasteiger partial charge is 0.326 e. The minimum Gasteiger partial charge on any atom is -0.312 e. The summed E-state index contributed by atoms with van der Waals surface area (Å²) in [5.74, 6) is 0. The highest BCUT2D eigenvalue weighted by Gasteiger charge is 2.10. The van der Waals surface area contributed by atoms with Gasteiger partial charge in [-0.15, -0.1) is 0 Å². The molecule has 1 aromatic heterocycles. The van der Waals surface area contributed by atoms with E-state index in [0.717, 1.165) is 22.4 Å². The van der Waals surface area contributed by atoms with Gasteiger partial charge < -0.3 is 4.98 Å². The van der Waals surface area contributed by atoms with Crippen LogP contribution in [0.3, 0.4) is 0 Å². The van der Waals surface area contributed by atoms with Crippen molar-refractivity contribution in [3.05, 3.63) is 82.4 Å². The van der Waals surface area contributed by atoms with E-state index in [2.05, 4.69) is 18.0 Å². The minimum absolute atomic E-state index is 0.0768. The molecule has 20 heavy (non-hydrogen) atoms. The van der Waals surface area contributed by atoms with E-state index in [-0.39, 0.29) is 5.69 Å². The maximum atomic E-state index is 12.0. The van der Waals surface area contributed by atoms with Gasteiger partial charge in [-0.05, 0) is 18.1 Å². The van der Waals surface area contributed by atoms with Gasteiger partial charge in [-0.2, -0.15) is 0 Å². The van der Waals surface area contributed by atoms with Gasteiger partial charge in [0.25, 0.3) is 0 Å². The van der Waals surface area contributed by atoms with Crippen molar-refractivity contribution in [1.29, 1.82) is 0 Å². The highest BCUT2D eigenvalue weighted by Crippen LogP contribution is 2.22. The smallest absolute Gasteiger partial charge is 0.312 e. The van der Waals surface area contributed by atoms with Crippen LogP contribution < -0.4 is 5.69 Å². The minimum atomic E-state index is -0.0768. The lowest BCUT2D eigenvalue weighted by Gasteiger charge is -2.09. The van der Waals surface area contributed by atoms with Gasteiger partial charge in [0.15, 0.2) is 0 Å². The fraction of sp³-hybridized carbons (Fsp3) is 0.118. The summed E-state index contributed by atoms with van der Waals surface area (Å²) in [5, 5.41) is 0. The molecule has 0 unspecified atom stereocenters. The molecule has 0 saturated carbocycles. The fourth-order valence-corrected chi connectivity index (χ4v) is 2.40. The number of H-pyrrole nitrogens is 1. The zero-order chi connectivity index (χ0) is 13.9. The van der Waals surface area contributed by atoms with Crippen LogP contribution >= 0.6 is 0 Å². The van der Waals surface area contributed by atoms with E-state index in [9.17, 15) is 4.79 Å². The van der Waals surface area contributed by atoms with Crippen LogP contribution in [-0.4, -0.2) is 9.55 Å². The molecule has 3 heteroatoms. The zero-order valence-electron chi connectivity index (χ0n) is 11.3. The van der Waals surface area contributed by atoms with Crippen LogP contribution in [-0.2, 0) is 6.54 Å². The molecule has 0 bridgehead atoms. The summed E-state index contributed by atoms with van der Waals surface area (Å²) < 4.78 is 1.78. The number of nitrogens with one attached hydrogen (secondary N) is 1. The van der Waals surface area contributed by atoms with Crippen LogP contribution in [0.2, 0.25) is 0 Å². The summed E-state index contributed by atoms with van der Waals surface area (Å²) in [7, 11) is 0. The monoisotopic (exact) mass is 264 g/mol. The van der Waals surface area contributed by atoms with Crippen LogP contribution in [0, 0.1) is 6.92 Å². The normalized spacial score (nSPS) is 10.7. The van der Waals surface area contributed by atoms with Gasteiger partial charge >= 0.3 is 5.69 Å². The maximum Gasteiger partial charge on any atom is 0.326 e. The molecule has 0 radical (unpaired) electrons. The molecule has 0 atom stereocenters. The Bertz CT molecular complexity index is 769. The Balaban J connectivity index is 2.07. The predicted octanol–water partition coefficient (Wildman–Crippen LogP) is 3.20. The molecule has 2 aromatic carbocycles. The van der Waals surface area contributed by atoms with Gasteiger partial charge in [0.2, 0.25) is 0 Å². The van der Waals surface area contributed by atoms with Crippen LogP contribution in [0.1, 0.15) is 11.1 Å². The van der Waals surface area contributed by atoms with Crippen molar-refractivity contribution in [1.82, 2.24) is 9.55 Å². The number of aryl methyl sites for hydroxylation is 1. The van der Waals surface area contributed by atoms with Crippen molar-refractivity contribution in [3.63, 3.8) is 0 Å². The average Bonchev–Trinajstić information content (AvgIpc) is 2.82. The number of benzene rings is 2. The number of imidazole rings is 1. The summed E-state index contributed by atoms with van der Waals surface area (Å²) >= 11 is 0. The van der Waals surface area contributed by atoms with Crippen LogP contribution in [0.15, 0.2) is 65.6 Å². The number of aromatic amines is 1. The maximum absolute atomic E-state index is 12.0. The first kappa shape index (κ1) is 12.5. The highest BCUT2D eigenvalue weighted by molar-refractivity contribution is 5.63. The van der Waals surface area contributed by atoms with Crippen LogP contribution in [0.4, 0.5) is 0 Å². The van der Waals surface area contributed by atoms with E-state index >= 15 is 0 Å². The van der Waals surface area contributed by atoms with Gasteiger partial charge in [0, 0.05) is 11.8 Å². The second-order valence-electron chi connectivity index (χ2n) is 4.87. The van der Waals surface area contributed by atoms with Crippen molar-refractivity contribution in [3.8, 4) is 11.3 Å². The Labute approximate surface area is 117 Å². The van der Waals surface area contributed by atoms with E-state index < -0.39 is 0 Å². The van der Waals surface area contributed by atoms with E-state index in [1.54, 1.807) is 10.8 Å². The summed E-state index contributed by atoms with van der Waals surface area (Å²) in [5.41, 5.74) is 4.21. The second-order valence-corrected chi connectivity index (χ2v) is 4.87. The summed E-state index contributed by atoms with van der Waals surface area (Å²) in [6.07, 6.45) is 1.79. The van der Waals surface area contributed by atoms with Gasteiger partial charge in [0.1, 0.15) is 0 Å². The average molecular weight is 264 g/mol. The molecule has 1 heterocycles. The summed E-state index contributed by atoms with van der Waals surface area (Å²) in [4.78, 5) is 14.8. The number of aromatic nitrogens is 2. The van der Waals surface area contributed by atoms with Crippen molar-refractivity contribution in [2.24, 2.45) is 0 Å². The van der Waals surface area contributed by atoms with Crippen molar-refractivity contribution < 1.29 is 0 Å². The predicted molar refractivity (Wildman–Crippen MR) is 80.8 cm³/mol. The Kier molecular flexibility index (Phi) is 3.25. The van der Waals surface area contributed by atoms with Crippen molar-refractivity contribution >= 4 is 0 Å². The van der Waals surface area contributed by atoms with Gasteiger partial charge in [-0.3, -0.25) is 4.57 Å². The topological polar surface area (TPSA) is 37.8 Å². The van der Waals surface area contributed by atoms with Crippen molar-refractivity contribution in [2.75, 3.05) is 0 Å². The molecule has 3 nitrogen and oxygen atoms in total. The van der Waals surface area contributed by atoms with Crippen LogP contribution in [0.5, 0.6) is 0 Å². The number of hydrogen-bond donors (Lipinski definition) is 1. The van der Waals surface area contributed by atoms with E-state index in [1.165, 1.54) is 0 Å². The molecule has 0 aliphatic carbocycles. The van der Waals surface area contributed by atoms with E-state index in [4.69, 9.17) is 0 Å². The molecular formula is C17H16N2O. The van der Waals surface area contributed by atoms with Gasteiger partial charge in [0.05, 0.1) is 12.2 Å². The number of hydrogen-bond acceptors (Lipinski definition) is 1. The number of rotatable bonds is 3. The van der Waals surface area contributed by atoms with E-state index in [0.29, 0.717) is 6.54 Å². The molecule has 0 amide bonds. The molecule has 100 valence electrons.